The van der Waals surface area contributed by atoms with E-state index in [1.807, 2.05) is 11.9 Å². The number of nitrogens with zero attached hydrogens (tertiary/aromatic N) is 4. The fourth-order valence-electron chi connectivity index (χ4n) is 3.85. The lowest BCUT2D eigenvalue weighted by atomic mass is 9.84. The van der Waals surface area contributed by atoms with Crippen molar-refractivity contribution in [1.29, 1.82) is 0 Å². The molecule has 1 saturated heterocycles. The molecule has 1 aromatic heterocycles. The van der Waals surface area contributed by atoms with Crippen molar-refractivity contribution in [3.05, 3.63) is 30.3 Å². The van der Waals surface area contributed by atoms with Crippen LogP contribution in [0.3, 0.4) is 0 Å². The molecule has 1 atom stereocenters. The fourth-order valence-corrected chi connectivity index (χ4v) is 3.85. The largest absolute Gasteiger partial charge is 0.354 e. The number of amides is 1. The zero-order valence-corrected chi connectivity index (χ0v) is 14.5. The smallest absolute Gasteiger partial charge is 0.225 e. The maximum absolute atomic E-state index is 13.7. The van der Waals surface area contributed by atoms with Gasteiger partial charge in [-0.25, -0.2) is 14.4 Å². The first-order chi connectivity index (χ1) is 12.1. The molecule has 1 saturated carbocycles. The number of likely N-dealkylation sites (N-methyl/N-ethyl adjacent to an activating group) is 1. The van der Waals surface area contributed by atoms with E-state index in [0.717, 1.165) is 55.5 Å². The van der Waals surface area contributed by atoms with Gasteiger partial charge in [0, 0.05) is 37.5 Å². The molecule has 0 bridgehead atoms. The van der Waals surface area contributed by atoms with Crippen LogP contribution in [-0.4, -0.2) is 47.0 Å². The predicted octanol–water partition coefficient (Wildman–Crippen LogP) is 3.00. The van der Waals surface area contributed by atoms with Gasteiger partial charge in [0.05, 0.1) is 5.52 Å². The molecule has 2 fully saturated rings. The van der Waals surface area contributed by atoms with E-state index in [2.05, 4.69) is 14.9 Å². The van der Waals surface area contributed by atoms with E-state index in [4.69, 9.17) is 0 Å². The predicted molar refractivity (Wildman–Crippen MR) is 94.8 cm³/mol. The zero-order chi connectivity index (χ0) is 17.4. The third kappa shape index (κ3) is 3.05. The number of fused-ring (bicyclic) bond motifs is 1. The number of aromatic nitrogens is 2. The number of rotatable bonds is 3. The number of halogens is 1. The first-order valence-corrected chi connectivity index (χ1v) is 9.05. The summed E-state index contributed by atoms with van der Waals surface area (Å²) in [5, 5.41) is 0.733. The Morgan fingerprint density at radius 1 is 1.24 bits per heavy atom. The monoisotopic (exact) mass is 342 g/mol. The number of benzene rings is 1. The second kappa shape index (κ2) is 6.58. The number of hydrogen-bond acceptors (Lipinski definition) is 4. The molecule has 132 valence electrons. The highest BCUT2D eigenvalue weighted by Crippen LogP contribution is 2.31. The minimum Gasteiger partial charge on any atom is -0.354 e. The summed E-state index contributed by atoms with van der Waals surface area (Å²) in [5.74, 6) is 0.971. The lowest BCUT2D eigenvalue weighted by Crippen LogP contribution is -2.51. The van der Waals surface area contributed by atoms with Gasteiger partial charge in [-0.3, -0.25) is 4.79 Å². The van der Waals surface area contributed by atoms with Crippen LogP contribution in [0.1, 0.15) is 32.1 Å². The van der Waals surface area contributed by atoms with Gasteiger partial charge in [-0.15, -0.1) is 0 Å². The van der Waals surface area contributed by atoms with Crippen molar-refractivity contribution in [2.75, 3.05) is 25.0 Å². The molecule has 1 aliphatic carbocycles. The van der Waals surface area contributed by atoms with Gasteiger partial charge in [-0.2, -0.15) is 0 Å². The van der Waals surface area contributed by atoms with Crippen LogP contribution in [0.5, 0.6) is 0 Å². The molecule has 1 aromatic carbocycles. The molecule has 0 spiro atoms. The Balaban J connectivity index is 1.57. The summed E-state index contributed by atoms with van der Waals surface area (Å²) >= 11 is 0. The number of hydrogen-bond donors (Lipinski definition) is 0. The van der Waals surface area contributed by atoms with Gasteiger partial charge in [0.1, 0.15) is 18.0 Å². The van der Waals surface area contributed by atoms with Crippen molar-refractivity contribution < 1.29 is 9.18 Å². The molecule has 0 N–H and O–H groups in total. The van der Waals surface area contributed by atoms with Gasteiger partial charge in [-0.1, -0.05) is 6.42 Å². The van der Waals surface area contributed by atoms with Crippen molar-refractivity contribution in [2.45, 2.75) is 38.1 Å². The van der Waals surface area contributed by atoms with Crippen LogP contribution in [0, 0.1) is 11.7 Å². The Morgan fingerprint density at radius 3 is 2.84 bits per heavy atom. The van der Waals surface area contributed by atoms with Crippen LogP contribution < -0.4 is 4.90 Å². The maximum Gasteiger partial charge on any atom is 0.225 e. The summed E-state index contributed by atoms with van der Waals surface area (Å²) < 4.78 is 13.7. The number of carbonyl (C=O) groups excluding carboxylic acids is 1. The number of piperidine rings is 1. The second-order valence-electron chi connectivity index (χ2n) is 7.18. The normalized spacial score (nSPS) is 21.2. The minimum absolute atomic E-state index is 0.181. The van der Waals surface area contributed by atoms with Crippen LogP contribution in [0.25, 0.3) is 10.9 Å². The summed E-state index contributed by atoms with van der Waals surface area (Å²) in [6.45, 7) is 1.60. The molecular formula is C19H23FN4O. The molecule has 2 aliphatic rings. The molecule has 0 radical (unpaired) electrons. The van der Waals surface area contributed by atoms with Crippen LogP contribution in [0.4, 0.5) is 10.2 Å². The maximum atomic E-state index is 13.7. The standard InChI is InChI=1S/C19H23FN4O/c1-23(19(25)13-4-2-5-13)15-6-3-9-24(11-15)18-16-10-14(20)7-8-17(16)21-12-22-18/h7-8,10,12-13,15H,2-6,9,11H2,1H3. The summed E-state index contributed by atoms with van der Waals surface area (Å²) in [5.41, 5.74) is 0.743. The fraction of sp³-hybridized carbons (Fsp3) is 0.526. The van der Waals surface area contributed by atoms with Gasteiger partial charge in [0.15, 0.2) is 0 Å². The van der Waals surface area contributed by atoms with E-state index < -0.39 is 0 Å². The number of anilines is 1. The van der Waals surface area contributed by atoms with E-state index in [1.54, 1.807) is 6.07 Å². The lowest BCUT2D eigenvalue weighted by Gasteiger charge is -2.40. The molecule has 6 heteroatoms. The summed E-state index contributed by atoms with van der Waals surface area (Å²) in [4.78, 5) is 25.3. The molecular weight excluding hydrogens is 319 g/mol. The average Bonchev–Trinajstić information content (AvgIpc) is 2.59. The van der Waals surface area contributed by atoms with Crippen molar-refractivity contribution in [3.8, 4) is 0 Å². The molecule has 1 unspecified atom stereocenters. The molecule has 4 rings (SSSR count). The van der Waals surface area contributed by atoms with Crippen molar-refractivity contribution in [3.63, 3.8) is 0 Å². The Bertz CT molecular complexity index is 792. The quantitative estimate of drug-likeness (QED) is 0.860. The molecule has 2 aromatic rings. The van der Waals surface area contributed by atoms with Gasteiger partial charge < -0.3 is 9.80 Å². The highest BCUT2D eigenvalue weighted by Gasteiger charge is 2.33. The van der Waals surface area contributed by atoms with E-state index >= 15 is 0 Å². The topological polar surface area (TPSA) is 49.3 Å². The zero-order valence-electron chi connectivity index (χ0n) is 14.5. The van der Waals surface area contributed by atoms with Crippen molar-refractivity contribution >= 4 is 22.6 Å². The van der Waals surface area contributed by atoms with E-state index in [-0.39, 0.29) is 23.7 Å². The van der Waals surface area contributed by atoms with Crippen molar-refractivity contribution in [1.82, 2.24) is 14.9 Å². The molecule has 5 nitrogen and oxygen atoms in total. The summed E-state index contributed by atoms with van der Waals surface area (Å²) in [6, 6.07) is 4.78. The average molecular weight is 342 g/mol. The van der Waals surface area contributed by atoms with Crippen molar-refractivity contribution in [2.24, 2.45) is 5.92 Å². The molecule has 25 heavy (non-hydrogen) atoms. The molecule has 2 heterocycles. The van der Waals surface area contributed by atoms with Gasteiger partial charge in [-0.05, 0) is 43.9 Å². The van der Waals surface area contributed by atoms with Gasteiger partial charge >= 0.3 is 0 Å². The molecule has 1 aliphatic heterocycles. The Labute approximate surface area is 146 Å². The highest BCUT2D eigenvalue weighted by molar-refractivity contribution is 5.89. The third-order valence-electron chi connectivity index (χ3n) is 5.62. The van der Waals surface area contributed by atoms with Crippen LogP contribution >= 0.6 is 0 Å². The third-order valence-corrected chi connectivity index (χ3v) is 5.62. The Morgan fingerprint density at radius 2 is 2.08 bits per heavy atom. The van der Waals surface area contributed by atoms with Gasteiger partial charge in [0.2, 0.25) is 5.91 Å². The summed E-state index contributed by atoms with van der Waals surface area (Å²) in [6.07, 6.45) is 6.74. The SMILES string of the molecule is CN(C(=O)C1CCC1)C1CCCN(c2ncnc3ccc(F)cc23)C1. The molecule has 1 amide bonds. The van der Waals surface area contributed by atoms with Crippen LogP contribution in [0.15, 0.2) is 24.5 Å². The first kappa shape index (κ1) is 16.2. The second-order valence-corrected chi connectivity index (χ2v) is 7.18. The Kier molecular flexibility index (Phi) is 4.27. The lowest BCUT2D eigenvalue weighted by molar-refractivity contribution is -0.139. The van der Waals surface area contributed by atoms with Gasteiger partial charge in [0.25, 0.3) is 0 Å². The summed E-state index contributed by atoms with van der Waals surface area (Å²) in [7, 11) is 1.92. The van der Waals surface area contributed by atoms with E-state index in [1.165, 1.54) is 24.9 Å². The first-order valence-electron chi connectivity index (χ1n) is 9.05. The Hall–Kier alpha value is -2.24. The van der Waals surface area contributed by atoms with Crippen LogP contribution in [-0.2, 0) is 4.79 Å². The minimum atomic E-state index is -0.283. The number of carbonyl (C=O) groups is 1. The highest BCUT2D eigenvalue weighted by atomic mass is 19.1. The van der Waals surface area contributed by atoms with E-state index in [9.17, 15) is 9.18 Å². The van der Waals surface area contributed by atoms with Crippen LogP contribution in [0.2, 0.25) is 0 Å². The van der Waals surface area contributed by atoms with E-state index in [0.29, 0.717) is 0 Å².